The number of amides is 1. The van der Waals surface area contributed by atoms with E-state index in [1.165, 1.54) is 0 Å². The van der Waals surface area contributed by atoms with Gasteiger partial charge in [0.1, 0.15) is 11.5 Å². The second-order valence-corrected chi connectivity index (χ2v) is 5.92. The predicted molar refractivity (Wildman–Crippen MR) is 90.3 cm³/mol. The summed E-state index contributed by atoms with van der Waals surface area (Å²) in [5, 5.41) is 2.85. The van der Waals surface area contributed by atoms with Gasteiger partial charge in [0.25, 0.3) is 0 Å². The number of ether oxygens (including phenoxy) is 1. The van der Waals surface area contributed by atoms with E-state index in [1.54, 1.807) is 18.0 Å². The molecule has 0 fully saturated rings. The van der Waals surface area contributed by atoms with Crippen LogP contribution in [0, 0.1) is 0 Å². The molecule has 0 saturated heterocycles. The van der Waals surface area contributed by atoms with Crippen LogP contribution < -0.4 is 10.1 Å². The fourth-order valence-electron chi connectivity index (χ4n) is 1.98. The van der Waals surface area contributed by atoms with Crippen LogP contribution in [0.5, 0.6) is 5.75 Å². The van der Waals surface area contributed by atoms with Gasteiger partial charge in [-0.1, -0.05) is 6.92 Å². The van der Waals surface area contributed by atoms with Crippen molar-refractivity contribution in [3.63, 3.8) is 0 Å². The minimum absolute atomic E-state index is 0.0169. The van der Waals surface area contributed by atoms with Gasteiger partial charge in [0.2, 0.25) is 5.91 Å². The fraction of sp³-hybridized carbons (Fsp3) is 0.353. The molecule has 0 aliphatic carbocycles. The van der Waals surface area contributed by atoms with E-state index in [-0.39, 0.29) is 11.2 Å². The molecular weight excluding hydrogens is 298 g/mol. The van der Waals surface area contributed by atoms with Crippen LogP contribution in [0.1, 0.15) is 26.0 Å². The van der Waals surface area contributed by atoms with Crippen molar-refractivity contribution in [3.8, 4) is 5.75 Å². The smallest absolute Gasteiger partial charge is 0.237 e. The summed E-state index contributed by atoms with van der Waals surface area (Å²) >= 11 is 1.59. The minimum atomic E-state index is -0.100. The Morgan fingerprint density at radius 3 is 2.64 bits per heavy atom. The van der Waals surface area contributed by atoms with E-state index < -0.39 is 0 Å². The lowest BCUT2D eigenvalue weighted by molar-refractivity contribution is -0.115. The molecule has 0 aliphatic heterocycles. The standard InChI is InChI=1S/C17H21NO3S/c1-3-16(22-12-15-6-5-11-21-15)17(19)18-13-7-9-14(10-8-13)20-4-2/h5-11,16H,3-4,12H2,1-2H3,(H,18,19). The lowest BCUT2D eigenvalue weighted by atomic mass is 10.2. The maximum absolute atomic E-state index is 12.3. The van der Waals surface area contributed by atoms with E-state index in [1.807, 2.05) is 50.2 Å². The molecule has 0 bridgehead atoms. The number of carbonyl (C=O) groups is 1. The number of anilines is 1. The van der Waals surface area contributed by atoms with Gasteiger partial charge in [0.05, 0.1) is 23.9 Å². The van der Waals surface area contributed by atoms with Gasteiger partial charge in [0.15, 0.2) is 0 Å². The number of rotatable bonds is 8. The Bertz CT molecular complexity index is 566. The molecule has 1 heterocycles. The number of thioether (sulfide) groups is 1. The first-order valence-electron chi connectivity index (χ1n) is 7.40. The maximum atomic E-state index is 12.3. The van der Waals surface area contributed by atoms with E-state index in [9.17, 15) is 4.79 Å². The molecule has 1 aromatic heterocycles. The van der Waals surface area contributed by atoms with Crippen molar-refractivity contribution in [3.05, 3.63) is 48.4 Å². The summed E-state index contributed by atoms with van der Waals surface area (Å²) < 4.78 is 10.7. The van der Waals surface area contributed by atoms with Crippen LogP contribution in [0.25, 0.3) is 0 Å². The van der Waals surface area contributed by atoms with Crippen LogP contribution in [-0.4, -0.2) is 17.8 Å². The monoisotopic (exact) mass is 319 g/mol. The van der Waals surface area contributed by atoms with Gasteiger partial charge in [-0.05, 0) is 49.7 Å². The van der Waals surface area contributed by atoms with Crippen molar-refractivity contribution in [2.24, 2.45) is 0 Å². The van der Waals surface area contributed by atoms with Gasteiger partial charge in [-0.15, -0.1) is 11.8 Å². The SMILES string of the molecule is CCOc1ccc(NC(=O)C(CC)SCc2ccco2)cc1. The minimum Gasteiger partial charge on any atom is -0.494 e. The number of carbonyl (C=O) groups excluding carboxylic acids is 1. The van der Waals surface area contributed by atoms with Crippen LogP contribution in [0.15, 0.2) is 47.1 Å². The summed E-state index contributed by atoms with van der Waals surface area (Å²) in [5.41, 5.74) is 0.783. The first-order valence-corrected chi connectivity index (χ1v) is 8.45. The topological polar surface area (TPSA) is 51.5 Å². The van der Waals surface area contributed by atoms with Crippen LogP contribution in [0.3, 0.4) is 0 Å². The van der Waals surface area contributed by atoms with Crippen molar-refractivity contribution < 1.29 is 13.9 Å². The average Bonchev–Trinajstić information content (AvgIpc) is 3.03. The highest BCUT2D eigenvalue weighted by molar-refractivity contribution is 7.99. The van der Waals surface area contributed by atoms with Crippen LogP contribution in [-0.2, 0) is 10.5 Å². The average molecular weight is 319 g/mol. The zero-order chi connectivity index (χ0) is 15.8. The third-order valence-electron chi connectivity index (χ3n) is 3.10. The van der Waals surface area contributed by atoms with Gasteiger partial charge in [-0.2, -0.15) is 0 Å². The molecule has 0 spiro atoms. The Morgan fingerprint density at radius 1 is 1.27 bits per heavy atom. The summed E-state index contributed by atoms with van der Waals surface area (Å²) in [4.78, 5) is 12.3. The number of nitrogens with one attached hydrogen (secondary N) is 1. The number of benzene rings is 1. The maximum Gasteiger partial charge on any atom is 0.237 e. The third kappa shape index (κ3) is 4.84. The number of furan rings is 1. The predicted octanol–water partition coefficient (Wildman–Crippen LogP) is 4.33. The van der Waals surface area contributed by atoms with Gasteiger partial charge in [0, 0.05) is 5.69 Å². The van der Waals surface area contributed by atoms with E-state index in [0.29, 0.717) is 12.4 Å². The highest BCUT2D eigenvalue weighted by Crippen LogP contribution is 2.23. The molecule has 0 radical (unpaired) electrons. The van der Waals surface area contributed by atoms with Crippen molar-refractivity contribution in [2.75, 3.05) is 11.9 Å². The molecule has 1 unspecified atom stereocenters. The summed E-state index contributed by atoms with van der Waals surface area (Å²) in [5.74, 6) is 2.41. The summed E-state index contributed by atoms with van der Waals surface area (Å²) in [6, 6.07) is 11.2. The molecule has 22 heavy (non-hydrogen) atoms. The summed E-state index contributed by atoms with van der Waals surface area (Å²) in [6.07, 6.45) is 2.42. The van der Waals surface area contributed by atoms with Gasteiger partial charge in [-0.25, -0.2) is 0 Å². The van der Waals surface area contributed by atoms with Crippen molar-refractivity contribution in [1.82, 2.24) is 0 Å². The second-order valence-electron chi connectivity index (χ2n) is 4.73. The molecule has 1 atom stereocenters. The Balaban J connectivity index is 1.88. The van der Waals surface area contributed by atoms with E-state index in [0.717, 1.165) is 23.6 Å². The number of hydrogen-bond donors (Lipinski definition) is 1. The van der Waals surface area contributed by atoms with Crippen LogP contribution in [0.4, 0.5) is 5.69 Å². The summed E-state index contributed by atoms with van der Waals surface area (Å²) in [7, 11) is 0. The molecule has 118 valence electrons. The van der Waals surface area contributed by atoms with E-state index in [4.69, 9.17) is 9.15 Å². The molecule has 1 N–H and O–H groups in total. The van der Waals surface area contributed by atoms with E-state index in [2.05, 4.69) is 5.32 Å². The second kappa shape index (κ2) is 8.54. The first kappa shape index (κ1) is 16.5. The molecule has 5 heteroatoms. The zero-order valence-corrected chi connectivity index (χ0v) is 13.7. The Kier molecular flexibility index (Phi) is 6.40. The molecular formula is C17H21NO3S. The molecule has 0 saturated carbocycles. The Hall–Kier alpha value is -1.88. The van der Waals surface area contributed by atoms with Crippen molar-refractivity contribution >= 4 is 23.4 Å². The molecule has 1 aromatic carbocycles. The lowest BCUT2D eigenvalue weighted by Gasteiger charge is -2.14. The molecule has 2 aromatic rings. The van der Waals surface area contributed by atoms with E-state index >= 15 is 0 Å². The van der Waals surface area contributed by atoms with Crippen LogP contribution >= 0.6 is 11.8 Å². The summed E-state index contributed by atoms with van der Waals surface area (Å²) in [6.45, 7) is 4.59. The zero-order valence-electron chi connectivity index (χ0n) is 12.9. The normalized spacial score (nSPS) is 11.9. The third-order valence-corrected chi connectivity index (χ3v) is 4.50. The largest absolute Gasteiger partial charge is 0.494 e. The van der Waals surface area contributed by atoms with Crippen molar-refractivity contribution in [1.29, 1.82) is 0 Å². The fourth-order valence-corrected chi connectivity index (χ4v) is 2.96. The quantitative estimate of drug-likeness (QED) is 0.787. The lowest BCUT2D eigenvalue weighted by Crippen LogP contribution is -2.24. The van der Waals surface area contributed by atoms with Crippen molar-refractivity contribution in [2.45, 2.75) is 31.3 Å². The van der Waals surface area contributed by atoms with Gasteiger partial charge in [-0.3, -0.25) is 4.79 Å². The molecule has 0 aliphatic rings. The highest BCUT2D eigenvalue weighted by Gasteiger charge is 2.17. The Morgan fingerprint density at radius 2 is 2.05 bits per heavy atom. The molecule has 4 nitrogen and oxygen atoms in total. The molecule has 2 rings (SSSR count). The van der Waals surface area contributed by atoms with Gasteiger partial charge >= 0.3 is 0 Å². The molecule has 1 amide bonds. The highest BCUT2D eigenvalue weighted by atomic mass is 32.2. The van der Waals surface area contributed by atoms with Crippen LogP contribution in [0.2, 0.25) is 0 Å². The first-order chi connectivity index (χ1) is 10.7. The van der Waals surface area contributed by atoms with Gasteiger partial charge < -0.3 is 14.5 Å². The number of hydrogen-bond acceptors (Lipinski definition) is 4. The Labute approximate surface area is 135 Å².